The number of carbonyl (C=O) groups excluding carboxylic acids is 1. The Morgan fingerprint density at radius 1 is 1.50 bits per heavy atom. The van der Waals surface area contributed by atoms with Crippen molar-refractivity contribution in [2.24, 2.45) is 5.73 Å². The van der Waals surface area contributed by atoms with Gasteiger partial charge in [-0.2, -0.15) is 15.0 Å². The van der Waals surface area contributed by atoms with Gasteiger partial charge in [0.25, 0.3) is 0 Å². The molecule has 2 rings (SSSR count). The molecule has 0 bridgehead atoms. The SMILES string of the molecule is CCCOc1nc(N)nc(N2CCOCC2C(N)=O)n1. The molecule has 1 saturated heterocycles. The maximum atomic E-state index is 11.4. The number of carbonyl (C=O) groups is 1. The van der Waals surface area contributed by atoms with Gasteiger partial charge in [-0.05, 0) is 6.42 Å². The molecule has 0 aromatic carbocycles. The monoisotopic (exact) mass is 282 g/mol. The molecule has 20 heavy (non-hydrogen) atoms. The largest absolute Gasteiger partial charge is 0.463 e. The summed E-state index contributed by atoms with van der Waals surface area (Å²) in [5.74, 6) is -0.189. The topological polar surface area (TPSA) is 129 Å². The minimum absolute atomic E-state index is 0.0378. The van der Waals surface area contributed by atoms with Gasteiger partial charge in [0, 0.05) is 6.54 Å². The number of ether oxygens (including phenoxy) is 2. The van der Waals surface area contributed by atoms with Crippen LogP contribution in [-0.2, 0) is 9.53 Å². The van der Waals surface area contributed by atoms with Gasteiger partial charge >= 0.3 is 6.01 Å². The van der Waals surface area contributed by atoms with Crippen LogP contribution in [-0.4, -0.2) is 53.3 Å². The number of rotatable bonds is 5. The second-order valence-electron chi connectivity index (χ2n) is 4.31. The molecule has 1 amide bonds. The van der Waals surface area contributed by atoms with E-state index in [0.717, 1.165) is 6.42 Å². The fraction of sp³-hybridized carbons (Fsp3) is 0.636. The molecule has 0 spiro atoms. The Labute approximate surface area is 116 Å². The highest BCUT2D eigenvalue weighted by molar-refractivity contribution is 5.83. The first kappa shape index (κ1) is 14.3. The van der Waals surface area contributed by atoms with E-state index in [1.807, 2.05) is 6.92 Å². The van der Waals surface area contributed by atoms with Gasteiger partial charge in [0.15, 0.2) is 0 Å². The van der Waals surface area contributed by atoms with Crippen LogP contribution in [0, 0.1) is 0 Å². The highest BCUT2D eigenvalue weighted by Crippen LogP contribution is 2.18. The molecule has 4 N–H and O–H groups in total. The second-order valence-corrected chi connectivity index (χ2v) is 4.31. The number of hydrogen-bond acceptors (Lipinski definition) is 8. The summed E-state index contributed by atoms with van der Waals surface area (Å²) in [6, 6.07) is -0.478. The summed E-state index contributed by atoms with van der Waals surface area (Å²) in [5.41, 5.74) is 11.0. The zero-order valence-corrected chi connectivity index (χ0v) is 11.3. The number of hydrogen-bond donors (Lipinski definition) is 2. The van der Waals surface area contributed by atoms with Crippen LogP contribution in [0.1, 0.15) is 13.3 Å². The Hall–Kier alpha value is -2.16. The summed E-state index contributed by atoms with van der Waals surface area (Å²) in [7, 11) is 0. The van der Waals surface area contributed by atoms with E-state index in [-0.39, 0.29) is 24.5 Å². The van der Waals surface area contributed by atoms with Crippen LogP contribution >= 0.6 is 0 Å². The summed E-state index contributed by atoms with van der Waals surface area (Å²) < 4.78 is 10.6. The highest BCUT2D eigenvalue weighted by atomic mass is 16.5. The average Bonchev–Trinajstić information content (AvgIpc) is 2.44. The lowest BCUT2D eigenvalue weighted by molar-refractivity contribution is -0.121. The van der Waals surface area contributed by atoms with Crippen molar-refractivity contribution in [2.75, 3.05) is 37.0 Å². The van der Waals surface area contributed by atoms with Gasteiger partial charge < -0.3 is 25.8 Å². The molecule has 1 aromatic rings. The number of morpholine rings is 1. The lowest BCUT2D eigenvalue weighted by Gasteiger charge is -2.33. The Morgan fingerprint density at radius 2 is 2.30 bits per heavy atom. The van der Waals surface area contributed by atoms with E-state index in [2.05, 4.69) is 15.0 Å². The molecule has 9 heteroatoms. The number of anilines is 2. The van der Waals surface area contributed by atoms with Crippen molar-refractivity contribution in [3.8, 4) is 6.01 Å². The lowest BCUT2D eigenvalue weighted by Crippen LogP contribution is -2.53. The molecule has 1 aliphatic heterocycles. The second kappa shape index (κ2) is 6.33. The normalized spacial score (nSPS) is 18.9. The zero-order valence-electron chi connectivity index (χ0n) is 11.3. The zero-order chi connectivity index (χ0) is 14.5. The minimum Gasteiger partial charge on any atom is -0.463 e. The van der Waals surface area contributed by atoms with E-state index in [4.69, 9.17) is 20.9 Å². The predicted octanol–water partition coefficient (Wildman–Crippen LogP) is -1.07. The van der Waals surface area contributed by atoms with E-state index in [9.17, 15) is 4.79 Å². The number of aromatic nitrogens is 3. The first-order valence-electron chi connectivity index (χ1n) is 6.40. The number of nitrogens with zero attached hydrogens (tertiary/aromatic N) is 4. The molecular formula is C11H18N6O3. The van der Waals surface area contributed by atoms with Crippen LogP contribution in [0.3, 0.4) is 0 Å². The Balaban J connectivity index is 2.25. The van der Waals surface area contributed by atoms with E-state index >= 15 is 0 Å². The van der Waals surface area contributed by atoms with Gasteiger partial charge in [0.05, 0.1) is 19.8 Å². The number of nitrogen functional groups attached to an aromatic ring is 1. The number of amides is 1. The van der Waals surface area contributed by atoms with Crippen molar-refractivity contribution >= 4 is 17.8 Å². The minimum atomic E-state index is -0.621. The van der Waals surface area contributed by atoms with E-state index in [1.54, 1.807) is 4.90 Å². The molecule has 1 aliphatic rings. The summed E-state index contributed by atoms with van der Waals surface area (Å²) >= 11 is 0. The average molecular weight is 282 g/mol. The quantitative estimate of drug-likeness (QED) is 0.698. The van der Waals surface area contributed by atoms with Crippen LogP contribution in [0.25, 0.3) is 0 Å². The van der Waals surface area contributed by atoms with Crippen molar-refractivity contribution in [3.63, 3.8) is 0 Å². The smallest absolute Gasteiger partial charge is 0.323 e. The van der Waals surface area contributed by atoms with Crippen LogP contribution in [0.4, 0.5) is 11.9 Å². The predicted molar refractivity (Wildman–Crippen MR) is 71.2 cm³/mol. The molecule has 2 heterocycles. The third kappa shape index (κ3) is 3.23. The lowest BCUT2D eigenvalue weighted by atomic mass is 10.2. The third-order valence-electron chi connectivity index (χ3n) is 2.77. The molecule has 0 aliphatic carbocycles. The molecule has 1 unspecified atom stereocenters. The molecule has 9 nitrogen and oxygen atoms in total. The van der Waals surface area contributed by atoms with Crippen molar-refractivity contribution in [2.45, 2.75) is 19.4 Å². The number of nitrogens with two attached hydrogens (primary N) is 2. The summed E-state index contributed by atoms with van der Waals surface area (Å²) in [6.45, 7) is 3.55. The number of primary amides is 1. The van der Waals surface area contributed by atoms with Gasteiger partial charge in [-0.1, -0.05) is 6.92 Å². The molecule has 1 aromatic heterocycles. The van der Waals surface area contributed by atoms with Gasteiger partial charge in [0.2, 0.25) is 17.8 Å². The van der Waals surface area contributed by atoms with Crippen LogP contribution in [0.2, 0.25) is 0 Å². The molecule has 1 fully saturated rings. The Morgan fingerprint density at radius 3 is 3.00 bits per heavy atom. The van der Waals surface area contributed by atoms with Crippen LogP contribution in [0.5, 0.6) is 6.01 Å². The maximum absolute atomic E-state index is 11.4. The maximum Gasteiger partial charge on any atom is 0.323 e. The van der Waals surface area contributed by atoms with Gasteiger partial charge in [0.1, 0.15) is 6.04 Å². The Bertz CT molecular complexity index is 483. The van der Waals surface area contributed by atoms with E-state index in [0.29, 0.717) is 19.8 Å². The summed E-state index contributed by atoms with van der Waals surface area (Å²) in [5, 5.41) is 0. The highest BCUT2D eigenvalue weighted by Gasteiger charge is 2.30. The van der Waals surface area contributed by atoms with Crippen molar-refractivity contribution in [1.29, 1.82) is 0 Å². The summed E-state index contributed by atoms with van der Waals surface area (Å²) in [6.07, 6.45) is 0.822. The fourth-order valence-electron chi connectivity index (χ4n) is 1.83. The first-order chi connectivity index (χ1) is 9.61. The van der Waals surface area contributed by atoms with Gasteiger partial charge in [-0.25, -0.2) is 0 Å². The van der Waals surface area contributed by atoms with Crippen molar-refractivity contribution in [1.82, 2.24) is 15.0 Å². The van der Waals surface area contributed by atoms with E-state index < -0.39 is 11.9 Å². The fourth-order valence-corrected chi connectivity index (χ4v) is 1.83. The molecule has 1 atom stereocenters. The van der Waals surface area contributed by atoms with Crippen LogP contribution in [0.15, 0.2) is 0 Å². The molecule has 0 radical (unpaired) electrons. The van der Waals surface area contributed by atoms with Crippen molar-refractivity contribution in [3.05, 3.63) is 0 Å². The van der Waals surface area contributed by atoms with Gasteiger partial charge in [-0.15, -0.1) is 0 Å². The first-order valence-corrected chi connectivity index (χ1v) is 6.40. The summed E-state index contributed by atoms with van der Waals surface area (Å²) in [4.78, 5) is 25.2. The van der Waals surface area contributed by atoms with E-state index in [1.165, 1.54) is 0 Å². The van der Waals surface area contributed by atoms with Crippen LogP contribution < -0.4 is 21.1 Å². The molecular weight excluding hydrogens is 264 g/mol. The molecule has 110 valence electrons. The Kier molecular flexibility index (Phi) is 4.51. The molecule has 0 saturated carbocycles. The van der Waals surface area contributed by atoms with Crippen molar-refractivity contribution < 1.29 is 14.3 Å². The van der Waals surface area contributed by atoms with Gasteiger partial charge in [-0.3, -0.25) is 4.79 Å². The standard InChI is InChI=1S/C11H18N6O3/c1-2-4-20-11-15-9(13)14-10(16-11)17-3-5-19-6-7(17)8(12)18/h7H,2-6H2,1H3,(H2,12,18)(H2,13,14,15,16). The third-order valence-corrected chi connectivity index (χ3v) is 2.77.